The molecule has 1 N–H and O–H groups in total. The van der Waals surface area contributed by atoms with Crippen LogP contribution in [0.25, 0.3) is 0 Å². The van der Waals surface area contributed by atoms with Crippen molar-refractivity contribution in [3.63, 3.8) is 0 Å². The van der Waals surface area contributed by atoms with E-state index < -0.39 is 21.0 Å². The highest BCUT2D eigenvalue weighted by Gasteiger charge is 2.39. The largest absolute Gasteiger partial charge is 0.354 e. The van der Waals surface area contributed by atoms with E-state index in [0.29, 0.717) is 13.0 Å². The van der Waals surface area contributed by atoms with E-state index in [1.54, 1.807) is 19.1 Å². The van der Waals surface area contributed by atoms with E-state index in [2.05, 4.69) is 5.32 Å². The second kappa shape index (κ2) is 6.99. The molecule has 0 unspecified atom stereocenters. The lowest BCUT2D eigenvalue weighted by Gasteiger charge is -2.42. The van der Waals surface area contributed by atoms with Crippen LogP contribution in [0.1, 0.15) is 45.1 Å². The molecule has 128 valence electrons. The third-order valence-electron chi connectivity index (χ3n) is 4.76. The standard InChI is InChI=1S/C17H24FNO3S/c1-3-11-23(21,22)13(2)16(20)19-12-17(9-4-10-17)14-5-7-15(18)8-6-14/h5-8,13H,3-4,9-12H2,1-2H3,(H,19,20)/t13-/m0/s1. The van der Waals surface area contributed by atoms with Crippen LogP contribution in [-0.2, 0) is 20.0 Å². The van der Waals surface area contributed by atoms with Gasteiger partial charge in [0, 0.05) is 12.0 Å². The summed E-state index contributed by atoms with van der Waals surface area (Å²) in [6, 6.07) is 6.34. The van der Waals surface area contributed by atoms with Crippen molar-refractivity contribution < 1.29 is 17.6 Å². The third kappa shape index (κ3) is 3.91. The number of rotatable bonds is 7. The number of halogens is 1. The minimum atomic E-state index is -3.40. The number of benzene rings is 1. The Morgan fingerprint density at radius 2 is 1.91 bits per heavy atom. The SMILES string of the molecule is CCCS(=O)(=O)[C@@H](C)C(=O)NCC1(c2ccc(F)cc2)CCC1. The van der Waals surface area contributed by atoms with Crippen molar-refractivity contribution in [1.29, 1.82) is 0 Å². The fraction of sp³-hybridized carbons (Fsp3) is 0.588. The summed E-state index contributed by atoms with van der Waals surface area (Å²) >= 11 is 0. The van der Waals surface area contributed by atoms with E-state index in [1.165, 1.54) is 19.1 Å². The predicted molar refractivity (Wildman–Crippen MR) is 88.5 cm³/mol. The molecule has 4 nitrogen and oxygen atoms in total. The molecule has 0 bridgehead atoms. The molecule has 1 atom stereocenters. The predicted octanol–water partition coefficient (Wildman–Crippen LogP) is 2.58. The van der Waals surface area contributed by atoms with Gasteiger partial charge in [-0.2, -0.15) is 0 Å². The highest BCUT2D eigenvalue weighted by atomic mass is 32.2. The molecular weight excluding hydrogens is 317 g/mol. The number of carbonyl (C=O) groups is 1. The van der Waals surface area contributed by atoms with Crippen LogP contribution >= 0.6 is 0 Å². The summed E-state index contributed by atoms with van der Waals surface area (Å²) in [6.45, 7) is 3.61. The number of sulfone groups is 1. The average molecular weight is 341 g/mol. The van der Waals surface area contributed by atoms with Gasteiger partial charge in [0.25, 0.3) is 0 Å². The van der Waals surface area contributed by atoms with Crippen LogP contribution in [-0.4, -0.2) is 31.9 Å². The first-order valence-corrected chi connectivity index (χ1v) is 9.77. The second-order valence-corrected chi connectivity index (χ2v) is 8.81. The number of hydrogen-bond acceptors (Lipinski definition) is 3. The van der Waals surface area contributed by atoms with Crippen LogP contribution in [0, 0.1) is 5.82 Å². The summed E-state index contributed by atoms with van der Waals surface area (Å²) in [5.41, 5.74) is 0.798. The van der Waals surface area contributed by atoms with Crippen molar-refractivity contribution >= 4 is 15.7 Å². The molecule has 2 rings (SSSR count). The van der Waals surface area contributed by atoms with E-state index in [9.17, 15) is 17.6 Å². The lowest BCUT2D eigenvalue weighted by molar-refractivity contribution is -0.120. The van der Waals surface area contributed by atoms with Crippen molar-refractivity contribution in [3.8, 4) is 0 Å². The van der Waals surface area contributed by atoms with Crippen LogP contribution in [0.15, 0.2) is 24.3 Å². The minimum Gasteiger partial charge on any atom is -0.354 e. The molecule has 1 aromatic carbocycles. The fourth-order valence-electron chi connectivity index (χ4n) is 3.00. The molecule has 23 heavy (non-hydrogen) atoms. The van der Waals surface area contributed by atoms with Gasteiger partial charge in [0.05, 0.1) is 5.75 Å². The smallest absolute Gasteiger partial charge is 0.238 e. The molecule has 0 radical (unpaired) electrons. The molecule has 0 spiro atoms. The van der Waals surface area contributed by atoms with Gasteiger partial charge in [-0.1, -0.05) is 25.5 Å². The van der Waals surface area contributed by atoms with Crippen LogP contribution in [0.4, 0.5) is 4.39 Å². The number of hydrogen-bond donors (Lipinski definition) is 1. The Morgan fingerprint density at radius 3 is 2.39 bits per heavy atom. The van der Waals surface area contributed by atoms with Gasteiger partial charge in [-0.3, -0.25) is 4.79 Å². The van der Waals surface area contributed by atoms with E-state index in [1.807, 2.05) is 0 Å². The molecule has 0 aromatic heterocycles. The maximum atomic E-state index is 13.1. The Morgan fingerprint density at radius 1 is 1.30 bits per heavy atom. The first kappa shape index (κ1) is 17.9. The average Bonchev–Trinajstić information content (AvgIpc) is 2.46. The molecule has 0 heterocycles. The number of carbonyl (C=O) groups excluding carboxylic acids is 1. The van der Waals surface area contributed by atoms with E-state index >= 15 is 0 Å². The highest BCUT2D eigenvalue weighted by Crippen LogP contribution is 2.43. The minimum absolute atomic E-state index is 0.0185. The fourth-order valence-corrected chi connectivity index (χ4v) is 4.33. The second-order valence-electron chi connectivity index (χ2n) is 6.37. The van der Waals surface area contributed by atoms with E-state index in [0.717, 1.165) is 24.8 Å². The zero-order chi connectivity index (χ0) is 17.1. The topological polar surface area (TPSA) is 63.2 Å². The lowest BCUT2D eigenvalue weighted by atomic mass is 9.64. The summed E-state index contributed by atoms with van der Waals surface area (Å²) < 4.78 is 37.1. The summed E-state index contributed by atoms with van der Waals surface area (Å²) in [6.07, 6.45) is 3.38. The van der Waals surface area contributed by atoms with Crippen LogP contribution < -0.4 is 5.32 Å². The van der Waals surface area contributed by atoms with Crippen molar-refractivity contribution in [2.45, 2.75) is 50.2 Å². The maximum Gasteiger partial charge on any atom is 0.238 e. The Kier molecular flexibility index (Phi) is 5.45. The highest BCUT2D eigenvalue weighted by molar-refractivity contribution is 7.92. The molecule has 0 saturated heterocycles. The maximum absolute atomic E-state index is 13.1. The normalized spacial score (nSPS) is 18.0. The van der Waals surface area contributed by atoms with Gasteiger partial charge in [-0.05, 0) is 43.9 Å². The Labute approximate surface area is 137 Å². The van der Waals surface area contributed by atoms with Gasteiger partial charge >= 0.3 is 0 Å². The van der Waals surface area contributed by atoms with E-state index in [-0.39, 0.29) is 17.0 Å². The van der Waals surface area contributed by atoms with Crippen LogP contribution in [0.2, 0.25) is 0 Å². The van der Waals surface area contributed by atoms with Crippen LogP contribution in [0.5, 0.6) is 0 Å². The monoisotopic (exact) mass is 341 g/mol. The van der Waals surface area contributed by atoms with Crippen molar-refractivity contribution in [2.75, 3.05) is 12.3 Å². The van der Waals surface area contributed by atoms with Gasteiger partial charge in [-0.25, -0.2) is 12.8 Å². The van der Waals surface area contributed by atoms with Gasteiger partial charge in [0.15, 0.2) is 9.84 Å². The van der Waals surface area contributed by atoms with E-state index in [4.69, 9.17) is 0 Å². The Hall–Kier alpha value is -1.43. The van der Waals surface area contributed by atoms with Crippen LogP contribution in [0.3, 0.4) is 0 Å². The molecule has 0 aliphatic heterocycles. The molecule has 6 heteroatoms. The first-order chi connectivity index (χ1) is 10.8. The molecule has 1 aliphatic rings. The first-order valence-electron chi connectivity index (χ1n) is 8.06. The summed E-state index contributed by atoms with van der Waals surface area (Å²) in [4.78, 5) is 12.2. The quantitative estimate of drug-likeness (QED) is 0.829. The Bertz CT molecular complexity index is 651. The molecule has 1 fully saturated rings. The lowest BCUT2D eigenvalue weighted by Crippen LogP contribution is -2.48. The zero-order valence-corrected chi connectivity index (χ0v) is 14.5. The van der Waals surface area contributed by atoms with Gasteiger partial charge in [0.2, 0.25) is 5.91 Å². The Balaban J connectivity index is 2.03. The van der Waals surface area contributed by atoms with Gasteiger partial charge in [0.1, 0.15) is 11.1 Å². The van der Waals surface area contributed by atoms with Gasteiger partial charge in [-0.15, -0.1) is 0 Å². The number of amides is 1. The zero-order valence-electron chi connectivity index (χ0n) is 13.6. The van der Waals surface area contributed by atoms with Crippen molar-refractivity contribution in [2.24, 2.45) is 0 Å². The summed E-state index contributed by atoms with van der Waals surface area (Å²) in [5, 5.41) is 1.76. The third-order valence-corrected chi connectivity index (χ3v) is 7.03. The van der Waals surface area contributed by atoms with Crippen molar-refractivity contribution in [1.82, 2.24) is 5.32 Å². The summed E-state index contributed by atoms with van der Waals surface area (Å²) in [7, 11) is -3.40. The van der Waals surface area contributed by atoms with Gasteiger partial charge < -0.3 is 5.32 Å². The van der Waals surface area contributed by atoms with Crippen molar-refractivity contribution in [3.05, 3.63) is 35.6 Å². The number of nitrogens with one attached hydrogen (secondary N) is 1. The molecular formula is C17H24FNO3S. The molecule has 1 aliphatic carbocycles. The summed E-state index contributed by atoms with van der Waals surface area (Å²) in [5.74, 6) is -0.719. The molecule has 1 amide bonds. The molecule has 1 aromatic rings. The molecule has 1 saturated carbocycles.